The van der Waals surface area contributed by atoms with Crippen molar-refractivity contribution in [2.45, 2.75) is 37.6 Å². The Morgan fingerprint density at radius 3 is 2.74 bits per heavy atom. The number of carbonyl (C=O) groups is 1. The minimum Gasteiger partial charge on any atom is -0.319 e. The lowest BCUT2D eigenvalue weighted by atomic mass is 9.77. The first-order chi connectivity index (χ1) is 9.19. The molecule has 0 bridgehead atoms. The number of ketones is 1. The molecular formula is C16H18N2O. The summed E-state index contributed by atoms with van der Waals surface area (Å²) in [6, 6.07) is 9.57. The molecular weight excluding hydrogens is 236 g/mol. The zero-order chi connectivity index (χ0) is 13.3. The highest BCUT2D eigenvalue weighted by molar-refractivity contribution is 6.05. The normalized spacial score (nSPS) is 18.4. The Morgan fingerprint density at radius 1 is 1.16 bits per heavy atom. The second-order valence-electron chi connectivity index (χ2n) is 5.46. The summed E-state index contributed by atoms with van der Waals surface area (Å²) in [7, 11) is 0. The second-order valence-corrected chi connectivity index (χ2v) is 5.46. The van der Waals surface area contributed by atoms with E-state index < -0.39 is 5.54 Å². The van der Waals surface area contributed by atoms with Crippen LogP contribution >= 0.6 is 0 Å². The van der Waals surface area contributed by atoms with E-state index in [-0.39, 0.29) is 5.78 Å². The maximum Gasteiger partial charge on any atom is 0.182 e. The van der Waals surface area contributed by atoms with Crippen molar-refractivity contribution in [2.24, 2.45) is 5.73 Å². The van der Waals surface area contributed by atoms with Crippen LogP contribution in [0, 0.1) is 0 Å². The van der Waals surface area contributed by atoms with Crippen molar-refractivity contribution in [3.05, 3.63) is 42.1 Å². The van der Waals surface area contributed by atoms with Crippen LogP contribution < -0.4 is 5.73 Å². The Balaban J connectivity index is 1.97. The number of hydrogen-bond donors (Lipinski definition) is 1. The second kappa shape index (κ2) is 4.74. The number of rotatable bonds is 2. The molecule has 1 aliphatic carbocycles. The molecule has 0 radical (unpaired) electrons. The molecule has 1 aromatic heterocycles. The maximum absolute atomic E-state index is 12.6. The summed E-state index contributed by atoms with van der Waals surface area (Å²) in [6.45, 7) is 0. The van der Waals surface area contributed by atoms with E-state index in [1.807, 2.05) is 30.3 Å². The molecule has 1 saturated carbocycles. The van der Waals surface area contributed by atoms with Crippen LogP contribution in [0.4, 0.5) is 0 Å². The summed E-state index contributed by atoms with van der Waals surface area (Å²) in [5.41, 5.74) is 7.19. The lowest BCUT2D eigenvalue weighted by Gasteiger charge is -2.31. The van der Waals surface area contributed by atoms with E-state index in [0.29, 0.717) is 5.56 Å². The first-order valence-electron chi connectivity index (χ1n) is 6.88. The molecule has 1 heterocycles. The third kappa shape index (κ3) is 2.26. The lowest BCUT2D eigenvalue weighted by Crippen LogP contribution is -2.49. The molecule has 0 aliphatic heterocycles. The minimum atomic E-state index is -0.666. The summed E-state index contributed by atoms with van der Waals surface area (Å²) in [5.74, 6) is 0.0692. The van der Waals surface area contributed by atoms with Gasteiger partial charge in [-0.1, -0.05) is 37.5 Å². The van der Waals surface area contributed by atoms with Gasteiger partial charge in [-0.25, -0.2) is 0 Å². The Bertz CT molecular complexity index is 615. The largest absolute Gasteiger partial charge is 0.319 e. The Hall–Kier alpha value is -1.74. The van der Waals surface area contributed by atoms with Crippen molar-refractivity contribution in [3.8, 4) is 0 Å². The SMILES string of the molecule is NC1(C(=O)c2ccc3cccnc3c2)CCCCC1. The minimum absolute atomic E-state index is 0.0692. The smallest absolute Gasteiger partial charge is 0.182 e. The van der Waals surface area contributed by atoms with Crippen LogP contribution in [-0.2, 0) is 0 Å². The number of Topliss-reactive ketones (excluding diaryl/α,β-unsaturated/α-hetero) is 1. The zero-order valence-electron chi connectivity index (χ0n) is 10.9. The van der Waals surface area contributed by atoms with E-state index in [1.54, 1.807) is 6.20 Å². The Morgan fingerprint density at radius 2 is 1.95 bits per heavy atom. The van der Waals surface area contributed by atoms with Gasteiger partial charge >= 0.3 is 0 Å². The van der Waals surface area contributed by atoms with E-state index in [1.165, 1.54) is 6.42 Å². The Kier molecular flexibility index (Phi) is 3.07. The molecule has 3 heteroatoms. The van der Waals surface area contributed by atoms with Gasteiger partial charge in [0.15, 0.2) is 5.78 Å². The standard InChI is InChI=1S/C16H18N2O/c17-16(8-2-1-3-9-16)15(19)13-7-6-12-5-4-10-18-14(12)11-13/h4-7,10-11H,1-3,8-9,17H2. The predicted octanol–water partition coefficient (Wildman–Crippen LogP) is 3.08. The summed E-state index contributed by atoms with van der Waals surface area (Å²) >= 11 is 0. The number of aromatic nitrogens is 1. The van der Waals surface area contributed by atoms with E-state index in [4.69, 9.17) is 5.73 Å². The molecule has 98 valence electrons. The van der Waals surface area contributed by atoms with Gasteiger partial charge < -0.3 is 5.73 Å². The lowest BCUT2D eigenvalue weighted by molar-refractivity contribution is 0.0848. The Labute approximate surface area is 112 Å². The first-order valence-corrected chi connectivity index (χ1v) is 6.88. The molecule has 2 aromatic rings. The van der Waals surface area contributed by atoms with Crippen LogP contribution in [0.2, 0.25) is 0 Å². The fourth-order valence-corrected chi connectivity index (χ4v) is 2.90. The molecule has 1 aromatic carbocycles. The molecule has 2 N–H and O–H groups in total. The molecule has 0 atom stereocenters. The molecule has 3 nitrogen and oxygen atoms in total. The molecule has 19 heavy (non-hydrogen) atoms. The van der Waals surface area contributed by atoms with E-state index in [2.05, 4.69) is 4.98 Å². The van der Waals surface area contributed by atoms with Gasteiger partial charge in [0.1, 0.15) is 0 Å². The number of fused-ring (bicyclic) bond motifs is 1. The van der Waals surface area contributed by atoms with Crippen molar-refractivity contribution in [1.29, 1.82) is 0 Å². The van der Waals surface area contributed by atoms with Crippen LogP contribution in [-0.4, -0.2) is 16.3 Å². The summed E-state index contributed by atoms with van der Waals surface area (Å²) < 4.78 is 0. The fourth-order valence-electron chi connectivity index (χ4n) is 2.90. The fraction of sp³-hybridized carbons (Fsp3) is 0.375. The molecule has 1 fully saturated rings. The number of carbonyl (C=O) groups excluding carboxylic acids is 1. The van der Waals surface area contributed by atoms with Crippen molar-refractivity contribution in [3.63, 3.8) is 0 Å². The average Bonchev–Trinajstić information content (AvgIpc) is 2.47. The van der Waals surface area contributed by atoms with Gasteiger partial charge in [0.25, 0.3) is 0 Å². The molecule has 0 unspecified atom stereocenters. The maximum atomic E-state index is 12.6. The number of nitrogens with zero attached hydrogens (tertiary/aromatic N) is 1. The van der Waals surface area contributed by atoms with E-state index in [0.717, 1.165) is 36.6 Å². The average molecular weight is 254 g/mol. The van der Waals surface area contributed by atoms with Gasteiger partial charge in [0.2, 0.25) is 0 Å². The van der Waals surface area contributed by atoms with E-state index in [9.17, 15) is 4.79 Å². The first kappa shape index (κ1) is 12.3. The van der Waals surface area contributed by atoms with E-state index >= 15 is 0 Å². The van der Waals surface area contributed by atoms with Crippen molar-refractivity contribution >= 4 is 16.7 Å². The van der Waals surface area contributed by atoms with Gasteiger partial charge in [0, 0.05) is 17.1 Å². The van der Waals surface area contributed by atoms with Crippen LogP contribution in [0.25, 0.3) is 10.9 Å². The number of benzene rings is 1. The molecule has 0 amide bonds. The van der Waals surface area contributed by atoms with Gasteiger partial charge in [-0.2, -0.15) is 0 Å². The molecule has 0 spiro atoms. The van der Waals surface area contributed by atoms with Gasteiger partial charge in [-0.3, -0.25) is 9.78 Å². The monoisotopic (exact) mass is 254 g/mol. The topological polar surface area (TPSA) is 56.0 Å². The third-order valence-electron chi connectivity index (χ3n) is 4.07. The molecule has 0 saturated heterocycles. The molecule has 3 rings (SSSR count). The highest BCUT2D eigenvalue weighted by atomic mass is 16.1. The van der Waals surface area contributed by atoms with Crippen molar-refractivity contribution in [2.75, 3.05) is 0 Å². The van der Waals surface area contributed by atoms with Crippen molar-refractivity contribution < 1.29 is 4.79 Å². The van der Waals surface area contributed by atoms with Crippen LogP contribution in [0.5, 0.6) is 0 Å². The number of nitrogens with two attached hydrogens (primary N) is 1. The summed E-state index contributed by atoms with van der Waals surface area (Å²) in [4.78, 5) is 16.9. The highest BCUT2D eigenvalue weighted by Gasteiger charge is 2.35. The van der Waals surface area contributed by atoms with Crippen LogP contribution in [0.1, 0.15) is 42.5 Å². The zero-order valence-corrected chi connectivity index (χ0v) is 10.9. The summed E-state index contributed by atoms with van der Waals surface area (Å²) in [6.07, 6.45) is 6.63. The van der Waals surface area contributed by atoms with Gasteiger partial charge in [-0.05, 0) is 25.0 Å². The molecule has 1 aliphatic rings. The summed E-state index contributed by atoms with van der Waals surface area (Å²) in [5, 5.41) is 1.05. The highest BCUT2D eigenvalue weighted by Crippen LogP contribution is 2.29. The number of hydrogen-bond acceptors (Lipinski definition) is 3. The van der Waals surface area contributed by atoms with Crippen LogP contribution in [0.3, 0.4) is 0 Å². The quantitative estimate of drug-likeness (QED) is 0.838. The van der Waals surface area contributed by atoms with Crippen molar-refractivity contribution in [1.82, 2.24) is 4.98 Å². The predicted molar refractivity (Wildman–Crippen MR) is 76.1 cm³/mol. The third-order valence-corrected chi connectivity index (χ3v) is 4.07. The van der Waals surface area contributed by atoms with Gasteiger partial charge in [-0.15, -0.1) is 0 Å². The van der Waals surface area contributed by atoms with Crippen LogP contribution in [0.15, 0.2) is 36.5 Å². The van der Waals surface area contributed by atoms with Gasteiger partial charge in [0.05, 0.1) is 11.1 Å². The number of pyridine rings is 1.